The standard InChI is InChI=1S/C14H7F4N3O/c15-11-4-9-7(1-2-19-13(9)22)3-10(11)12-20-5-8(6-21-12)14(16,17)18/h1-6H,(H,19,22). The van der Waals surface area contributed by atoms with Gasteiger partial charge < -0.3 is 4.98 Å². The SMILES string of the molecule is O=c1[nH]ccc2cc(-c3ncc(C(F)(F)F)cn3)c(F)cc12. The van der Waals surface area contributed by atoms with Crippen LogP contribution in [-0.4, -0.2) is 15.0 Å². The van der Waals surface area contributed by atoms with Crippen LogP contribution < -0.4 is 5.56 Å². The number of alkyl halides is 3. The van der Waals surface area contributed by atoms with Gasteiger partial charge in [0.2, 0.25) is 0 Å². The molecule has 112 valence electrons. The Bertz CT molecular complexity index is 901. The molecule has 0 aliphatic rings. The van der Waals surface area contributed by atoms with E-state index in [4.69, 9.17) is 0 Å². The molecule has 3 aromatic rings. The third-order valence-electron chi connectivity index (χ3n) is 3.08. The normalized spacial score (nSPS) is 11.8. The molecular weight excluding hydrogens is 302 g/mol. The van der Waals surface area contributed by atoms with Crippen molar-refractivity contribution in [2.45, 2.75) is 6.18 Å². The molecule has 2 aromatic heterocycles. The summed E-state index contributed by atoms with van der Waals surface area (Å²) in [6, 6.07) is 3.87. The number of benzene rings is 1. The summed E-state index contributed by atoms with van der Waals surface area (Å²) in [5, 5.41) is 0.569. The highest BCUT2D eigenvalue weighted by Gasteiger charge is 2.31. The summed E-state index contributed by atoms with van der Waals surface area (Å²) in [5.41, 5.74) is -1.56. The van der Waals surface area contributed by atoms with Crippen molar-refractivity contribution >= 4 is 10.8 Å². The minimum atomic E-state index is -4.56. The molecule has 4 nitrogen and oxygen atoms in total. The molecule has 0 saturated carbocycles. The maximum atomic E-state index is 14.1. The Morgan fingerprint density at radius 3 is 2.41 bits per heavy atom. The Morgan fingerprint density at radius 1 is 1.09 bits per heavy atom. The predicted octanol–water partition coefficient (Wildman–Crippen LogP) is 3.14. The van der Waals surface area contributed by atoms with Gasteiger partial charge in [0.05, 0.1) is 11.1 Å². The molecule has 0 aliphatic carbocycles. The molecule has 0 atom stereocenters. The number of hydrogen-bond acceptors (Lipinski definition) is 3. The summed E-state index contributed by atoms with van der Waals surface area (Å²) in [6.07, 6.45) is -2.00. The maximum Gasteiger partial charge on any atom is 0.419 e. The summed E-state index contributed by atoms with van der Waals surface area (Å²) in [6.45, 7) is 0. The minimum absolute atomic E-state index is 0.0770. The summed E-state index contributed by atoms with van der Waals surface area (Å²) in [5.74, 6) is -0.975. The van der Waals surface area contributed by atoms with Crippen LogP contribution >= 0.6 is 0 Å². The van der Waals surface area contributed by atoms with Crippen LogP contribution in [0.4, 0.5) is 17.6 Å². The van der Waals surface area contributed by atoms with E-state index in [1.54, 1.807) is 6.07 Å². The first kappa shape index (κ1) is 14.2. The van der Waals surface area contributed by atoms with E-state index in [0.717, 1.165) is 6.07 Å². The van der Waals surface area contributed by atoms with Gasteiger partial charge in [-0.05, 0) is 23.6 Å². The number of hydrogen-bond donors (Lipinski definition) is 1. The number of halogens is 4. The lowest BCUT2D eigenvalue weighted by Crippen LogP contribution is -2.07. The van der Waals surface area contributed by atoms with E-state index in [9.17, 15) is 22.4 Å². The fourth-order valence-corrected chi connectivity index (χ4v) is 1.99. The van der Waals surface area contributed by atoms with E-state index in [0.29, 0.717) is 17.8 Å². The monoisotopic (exact) mass is 309 g/mol. The fourth-order valence-electron chi connectivity index (χ4n) is 1.99. The molecule has 0 fully saturated rings. The number of nitrogens with zero attached hydrogens (tertiary/aromatic N) is 2. The third-order valence-corrected chi connectivity index (χ3v) is 3.08. The van der Waals surface area contributed by atoms with Crippen LogP contribution in [0.2, 0.25) is 0 Å². The second kappa shape index (κ2) is 4.90. The van der Waals surface area contributed by atoms with Crippen LogP contribution in [0.3, 0.4) is 0 Å². The maximum absolute atomic E-state index is 14.1. The van der Waals surface area contributed by atoms with Crippen molar-refractivity contribution in [1.82, 2.24) is 15.0 Å². The summed E-state index contributed by atoms with van der Waals surface area (Å²) < 4.78 is 51.5. The van der Waals surface area contributed by atoms with Crippen LogP contribution in [-0.2, 0) is 6.18 Å². The first-order valence-corrected chi connectivity index (χ1v) is 6.07. The zero-order chi connectivity index (χ0) is 15.9. The molecule has 3 rings (SSSR count). The van der Waals surface area contributed by atoms with Gasteiger partial charge in [0.25, 0.3) is 5.56 Å². The van der Waals surface area contributed by atoms with E-state index >= 15 is 0 Å². The summed E-state index contributed by atoms with van der Waals surface area (Å²) in [4.78, 5) is 21.1. The Balaban J connectivity index is 2.14. The molecule has 0 spiro atoms. The topological polar surface area (TPSA) is 58.6 Å². The molecular formula is C14H7F4N3O. The third kappa shape index (κ3) is 2.43. The Labute approximate surface area is 120 Å². The molecule has 22 heavy (non-hydrogen) atoms. The molecule has 1 N–H and O–H groups in total. The smallest absolute Gasteiger partial charge is 0.329 e. The number of fused-ring (bicyclic) bond motifs is 1. The van der Waals surface area contributed by atoms with Crippen molar-refractivity contribution in [3.63, 3.8) is 0 Å². The van der Waals surface area contributed by atoms with Crippen molar-refractivity contribution in [1.29, 1.82) is 0 Å². The van der Waals surface area contributed by atoms with Crippen LogP contribution in [0.15, 0.2) is 41.6 Å². The van der Waals surface area contributed by atoms with Gasteiger partial charge in [-0.1, -0.05) is 0 Å². The van der Waals surface area contributed by atoms with Crippen molar-refractivity contribution in [3.8, 4) is 11.4 Å². The highest BCUT2D eigenvalue weighted by Crippen LogP contribution is 2.29. The molecule has 8 heteroatoms. The molecule has 0 saturated heterocycles. The fraction of sp³-hybridized carbons (Fsp3) is 0.0714. The number of H-pyrrole nitrogens is 1. The van der Waals surface area contributed by atoms with Crippen LogP contribution in [0.25, 0.3) is 22.2 Å². The van der Waals surface area contributed by atoms with Gasteiger partial charge in [0, 0.05) is 24.0 Å². The average Bonchev–Trinajstić information content (AvgIpc) is 2.47. The van der Waals surface area contributed by atoms with Crippen LogP contribution in [0.5, 0.6) is 0 Å². The van der Waals surface area contributed by atoms with Crippen molar-refractivity contribution < 1.29 is 17.6 Å². The van der Waals surface area contributed by atoms with Gasteiger partial charge in [-0.3, -0.25) is 4.79 Å². The van der Waals surface area contributed by atoms with Crippen molar-refractivity contribution in [3.05, 3.63) is 58.5 Å². The van der Waals surface area contributed by atoms with Gasteiger partial charge in [0.15, 0.2) is 5.82 Å². The highest BCUT2D eigenvalue weighted by molar-refractivity contribution is 5.85. The molecule has 0 radical (unpaired) electrons. The molecule has 1 aromatic carbocycles. The van der Waals surface area contributed by atoms with E-state index in [-0.39, 0.29) is 16.8 Å². The van der Waals surface area contributed by atoms with Crippen LogP contribution in [0, 0.1) is 5.82 Å². The molecule has 0 bridgehead atoms. The Hall–Kier alpha value is -2.77. The summed E-state index contributed by atoms with van der Waals surface area (Å²) >= 11 is 0. The number of rotatable bonds is 1. The van der Waals surface area contributed by atoms with Crippen molar-refractivity contribution in [2.24, 2.45) is 0 Å². The van der Waals surface area contributed by atoms with E-state index in [2.05, 4.69) is 15.0 Å². The number of nitrogens with one attached hydrogen (secondary N) is 1. The minimum Gasteiger partial charge on any atom is -0.329 e. The van der Waals surface area contributed by atoms with Gasteiger partial charge >= 0.3 is 6.18 Å². The second-order valence-electron chi connectivity index (χ2n) is 4.52. The van der Waals surface area contributed by atoms with Gasteiger partial charge in [0.1, 0.15) is 5.82 Å². The van der Waals surface area contributed by atoms with Gasteiger partial charge in [-0.2, -0.15) is 13.2 Å². The van der Waals surface area contributed by atoms with E-state index in [1.165, 1.54) is 12.3 Å². The molecule has 0 unspecified atom stereocenters. The first-order chi connectivity index (χ1) is 10.4. The number of aromatic nitrogens is 3. The van der Waals surface area contributed by atoms with Gasteiger partial charge in [-0.25, -0.2) is 14.4 Å². The van der Waals surface area contributed by atoms with E-state index in [1.807, 2.05) is 0 Å². The van der Waals surface area contributed by atoms with E-state index < -0.39 is 23.1 Å². The first-order valence-electron chi connectivity index (χ1n) is 6.07. The summed E-state index contributed by atoms with van der Waals surface area (Å²) in [7, 11) is 0. The lowest BCUT2D eigenvalue weighted by Gasteiger charge is -2.07. The second-order valence-corrected chi connectivity index (χ2v) is 4.52. The lowest BCUT2D eigenvalue weighted by molar-refractivity contribution is -0.138. The van der Waals surface area contributed by atoms with Crippen LogP contribution in [0.1, 0.15) is 5.56 Å². The largest absolute Gasteiger partial charge is 0.419 e. The zero-order valence-corrected chi connectivity index (χ0v) is 10.8. The van der Waals surface area contributed by atoms with Gasteiger partial charge in [-0.15, -0.1) is 0 Å². The number of aromatic amines is 1. The lowest BCUT2D eigenvalue weighted by atomic mass is 10.1. The Morgan fingerprint density at radius 2 is 1.77 bits per heavy atom. The van der Waals surface area contributed by atoms with Crippen molar-refractivity contribution in [2.75, 3.05) is 0 Å². The predicted molar refractivity (Wildman–Crippen MR) is 70.6 cm³/mol. The highest BCUT2D eigenvalue weighted by atomic mass is 19.4. The average molecular weight is 309 g/mol. The molecule has 2 heterocycles. The molecule has 0 aliphatic heterocycles. The Kier molecular flexibility index (Phi) is 3.16. The molecule has 0 amide bonds. The zero-order valence-electron chi connectivity index (χ0n) is 10.8. The quantitative estimate of drug-likeness (QED) is 0.703. The number of pyridine rings is 1.